The van der Waals surface area contributed by atoms with Crippen LogP contribution in [0.1, 0.15) is 18.1 Å². The number of pyridine rings is 1. The molecular weight excluding hydrogens is 437 g/mol. The summed E-state index contributed by atoms with van der Waals surface area (Å²) in [6.07, 6.45) is 3.42. The summed E-state index contributed by atoms with van der Waals surface area (Å²) >= 11 is 1.34. The van der Waals surface area contributed by atoms with Gasteiger partial charge >= 0.3 is 0 Å². The van der Waals surface area contributed by atoms with Crippen molar-refractivity contribution in [3.63, 3.8) is 0 Å². The third-order valence-corrected chi connectivity index (χ3v) is 6.21. The zero-order chi connectivity index (χ0) is 23.4. The Morgan fingerprint density at radius 2 is 1.82 bits per heavy atom. The molecule has 2 heterocycles. The second kappa shape index (κ2) is 9.95. The lowest BCUT2D eigenvalue weighted by Crippen LogP contribution is -2.33. The molecule has 0 aliphatic rings. The van der Waals surface area contributed by atoms with Crippen molar-refractivity contribution in [2.75, 3.05) is 7.05 Å². The van der Waals surface area contributed by atoms with E-state index in [2.05, 4.69) is 15.2 Å². The highest BCUT2D eigenvalue weighted by Gasteiger charge is 2.24. The summed E-state index contributed by atoms with van der Waals surface area (Å²) in [5.74, 6) is 0.287. The number of rotatable bonds is 7. The number of hydrogen-bond donors (Lipinski definition) is 0. The highest BCUT2D eigenvalue weighted by Crippen LogP contribution is 2.30. The van der Waals surface area contributed by atoms with Crippen molar-refractivity contribution >= 4 is 17.7 Å². The topological polar surface area (TPSA) is 63.9 Å². The van der Waals surface area contributed by atoms with Crippen molar-refractivity contribution in [2.24, 2.45) is 0 Å². The van der Waals surface area contributed by atoms with Crippen molar-refractivity contribution in [1.29, 1.82) is 0 Å². The first-order chi connectivity index (χ1) is 15.9. The normalized spacial score (nSPS) is 11.9. The van der Waals surface area contributed by atoms with E-state index in [9.17, 15) is 9.18 Å². The first-order valence-corrected chi connectivity index (χ1v) is 11.4. The van der Waals surface area contributed by atoms with Crippen LogP contribution in [0.2, 0.25) is 0 Å². The molecule has 6 nitrogen and oxygen atoms in total. The summed E-state index contributed by atoms with van der Waals surface area (Å²) in [7, 11) is 1.72. The lowest BCUT2D eigenvalue weighted by molar-refractivity contribution is -0.129. The van der Waals surface area contributed by atoms with Crippen LogP contribution in [0.15, 0.2) is 78.2 Å². The number of carbonyl (C=O) groups is 1. The monoisotopic (exact) mass is 461 g/mol. The van der Waals surface area contributed by atoms with Crippen molar-refractivity contribution < 1.29 is 9.18 Å². The van der Waals surface area contributed by atoms with Crippen molar-refractivity contribution in [3.8, 4) is 17.1 Å². The fourth-order valence-corrected chi connectivity index (χ4v) is 4.45. The Morgan fingerprint density at radius 1 is 1.09 bits per heavy atom. The van der Waals surface area contributed by atoms with Gasteiger partial charge in [0, 0.05) is 37.2 Å². The van der Waals surface area contributed by atoms with Crippen LogP contribution in [0.5, 0.6) is 0 Å². The Labute approximate surface area is 196 Å². The molecule has 8 heteroatoms. The Balaban J connectivity index is 1.60. The minimum Gasteiger partial charge on any atom is -0.340 e. The van der Waals surface area contributed by atoms with Crippen LogP contribution in [0.3, 0.4) is 0 Å². The molecule has 0 aliphatic carbocycles. The summed E-state index contributed by atoms with van der Waals surface area (Å²) in [5, 5.41) is 9.02. The minimum absolute atomic E-state index is 0.0758. The van der Waals surface area contributed by atoms with E-state index >= 15 is 0 Å². The summed E-state index contributed by atoms with van der Waals surface area (Å²) in [5.41, 5.74) is 3.68. The van der Waals surface area contributed by atoms with E-state index in [1.54, 1.807) is 36.5 Å². The molecule has 0 bridgehead atoms. The van der Waals surface area contributed by atoms with Gasteiger partial charge in [0.05, 0.1) is 5.25 Å². The van der Waals surface area contributed by atoms with Gasteiger partial charge in [-0.15, -0.1) is 10.2 Å². The fourth-order valence-electron chi connectivity index (χ4n) is 3.47. The lowest BCUT2D eigenvalue weighted by Gasteiger charge is -2.21. The molecule has 1 atom stereocenters. The molecule has 168 valence electrons. The molecule has 0 N–H and O–H groups in total. The van der Waals surface area contributed by atoms with Gasteiger partial charge < -0.3 is 4.90 Å². The van der Waals surface area contributed by atoms with E-state index in [0.717, 1.165) is 22.4 Å². The van der Waals surface area contributed by atoms with Crippen LogP contribution in [-0.2, 0) is 11.3 Å². The highest BCUT2D eigenvalue weighted by molar-refractivity contribution is 8.00. The van der Waals surface area contributed by atoms with Crippen LogP contribution in [0.25, 0.3) is 17.1 Å². The Hall–Kier alpha value is -3.52. The third-order valence-electron chi connectivity index (χ3n) is 5.18. The maximum absolute atomic E-state index is 13.5. The second-order valence-corrected chi connectivity index (χ2v) is 9.11. The number of carbonyl (C=O) groups excluding carboxylic acids is 1. The minimum atomic E-state index is -0.415. The molecule has 0 saturated heterocycles. The second-order valence-electron chi connectivity index (χ2n) is 7.80. The first-order valence-electron chi connectivity index (χ1n) is 10.5. The summed E-state index contributed by atoms with van der Waals surface area (Å²) < 4.78 is 15.5. The van der Waals surface area contributed by atoms with Crippen LogP contribution in [0, 0.1) is 12.7 Å². The number of amides is 1. The molecule has 2 aromatic carbocycles. The smallest absolute Gasteiger partial charge is 0.235 e. The summed E-state index contributed by atoms with van der Waals surface area (Å²) in [4.78, 5) is 18.7. The van der Waals surface area contributed by atoms with E-state index < -0.39 is 5.25 Å². The number of nitrogens with zero attached hydrogens (tertiary/aromatic N) is 5. The zero-order valence-corrected chi connectivity index (χ0v) is 19.5. The van der Waals surface area contributed by atoms with Crippen molar-refractivity contribution in [3.05, 3.63) is 90.0 Å². The van der Waals surface area contributed by atoms with Crippen molar-refractivity contribution in [2.45, 2.75) is 30.8 Å². The van der Waals surface area contributed by atoms with Crippen LogP contribution < -0.4 is 0 Å². The molecule has 4 aromatic rings. The molecule has 0 radical (unpaired) electrons. The standard InChI is InChI=1S/C25H24FN5OS/c1-17-7-9-22(10-8-17)31-23(20-11-13-27-14-12-20)28-29-25(31)33-18(2)24(32)30(3)16-19-5-4-6-21(26)15-19/h4-15,18H,16H2,1-3H3. The quantitative estimate of drug-likeness (QED) is 0.366. The maximum atomic E-state index is 13.5. The summed E-state index contributed by atoms with van der Waals surface area (Å²) in [6, 6.07) is 18.1. The van der Waals surface area contributed by atoms with Crippen LogP contribution in [-0.4, -0.2) is 42.9 Å². The van der Waals surface area contributed by atoms with Crippen LogP contribution >= 0.6 is 11.8 Å². The Morgan fingerprint density at radius 3 is 2.52 bits per heavy atom. The number of halogens is 1. The molecule has 2 aromatic heterocycles. The molecule has 1 unspecified atom stereocenters. The highest BCUT2D eigenvalue weighted by atomic mass is 32.2. The maximum Gasteiger partial charge on any atom is 0.235 e. The Kier molecular flexibility index (Phi) is 6.84. The molecule has 0 spiro atoms. The molecule has 1 amide bonds. The van der Waals surface area contributed by atoms with Gasteiger partial charge in [-0.3, -0.25) is 14.3 Å². The van der Waals surface area contributed by atoms with Gasteiger partial charge in [0.25, 0.3) is 0 Å². The predicted molar refractivity (Wildman–Crippen MR) is 128 cm³/mol. The SMILES string of the molecule is Cc1ccc(-n2c(SC(C)C(=O)N(C)Cc3cccc(F)c3)nnc2-c2ccncc2)cc1. The largest absolute Gasteiger partial charge is 0.340 e. The van der Waals surface area contributed by atoms with Gasteiger partial charge in [-0.2, -0.15) is 0 Å². The molecule has 4 rings (SSSR count). The van der Waals surface area contributed by atoms with E-state index in [1.165, 1.54) is 23.9 Å². The number of hydrogen-bond acceptors (Lipinski definition) is 5. The number of aromatic nitrogens is 4. The molecular formula is C25H24FN5OS. The van der Waals surface area contributed by atoms with Gasteiger partial charge in [0.2, 0.25) is 5.91 Å². The predicted octanol–water partition coefficient (Wildman–Crippen LogP) is 4.92. The molecule has 33 heavy (non-hydrogen) atoms. The van der Waals surface area contributed by atoms with Gasteiger partial charge in [0.15, 0.2) is 11.0 Å². The van der Waals surface area contributed by atoms with Crippen molar-refractivity contribution in [1.82, 2.24) is 24.6 Å². The van der Waals surface area contributed by atoms with Gasteiger partial charge in [-0.1, -0.05) is 41.6 Å². The van der Waals surface area contributed by atoms with E-state index in [0.29, 0.717) is 17.5 Å². The average molecular weight is 462 g/mol. The average Bonchev–Trinajstić information content (AvgIpc) is 3.23. The van der Waals surface area contributed by atoms with E-state index in [-0.39, 0.29) is 11.7 Å². The zero-order valence-electron chi connectivity index (χ0n) is 18.6. The first kappa shape index (κ1) is 22.7. The summed E-state index contributed by atoms with van der Waals surface area (Å²) in [6.45, 7) is 4.20. The lowest BCUT2D eigenvalue weighted by atomic mass is 10.2. The molecule has 0 saturated carbocycles. The van der Waals surface area contributed by atoms with Gasteiger partial charge in [0.1, 0.15) is 5.82 Å². The van der Waals surface area contributed by atoms with Crippen LogP contribution in [0.4, 0.5) is 4.39 Å². The number of benzene rings is 2. The van der Waals surface area contributed by atoms with Gasteiger partial charge in [-0.25, -0.2) is 4.39 Å². The number of thioether (sulfide) groups is 1. The third kappa shape index (κ3) is 5.28. The fraction of sp³-hybridized carbons (Fsp3) is 0.200. The number of aryl methyl sites for hydroxylation is 1. The molecule has 0 fully saturated rings. The van der Waals surface area contributed by atoms with E-state index in [4.69, 9.17) is 0 Å². The molecule has 0 aliphatic heterocycles. The van der Waals surface area contributed by atoms with E-state index in [1.807, 2.05) is 54.8 Å². The Bertz CT molecular complexity index is 1240. The van der Waals surface area contributed by atoms with Gasteiger partial charge in [-0.05, 0) is 55.8 Å².